The molecule has 2 aliphatic rings. The molecule has 0 unspecified atom stereocenters. The molecule has 4 rings (SSSR count). The van der Waals surface area contributed by atoms with Crippen molar-refractivity contribution in [1.29, 1.82) is 0 Å². The van der Waals surface area contributed by atoms with Crippen LogP contribution in [0.4, 0.5) is 5.00 Å². The molecule has 0 radical (unpaired) electrons. The largest absolute Gasteiger partial charge is 0.353 e. The molecule has 2 atom stereocenters. The van der Waals surface area contributed by atoms with Gasteiger partial charge in [0.2, 0.25) is 0 Å². The molecule has 0 aromatic carbocycles. The van der Waals surface area contributed by atoms with Crippen LogP contribution >= 0.6 is 11.3 Å². The van der Waals surface area contributed by atoms with Crippen molar-refractivity contribution in [1.82, 2.24) is 10.3 Å². The van der Waals surface area contributed by atoms with E-state index in [1.54, 1.807) is 23.7 Å². The maximum Gasteiger partial charge on any atom is 0.256 e. The zero-order valence-electron chi connectivity index (χ0n) is 15.1. The lowest BCUT2D eigenvalue weighted by Gasteiger charge is -2.36. The van der Waals surface area contributed by atoms with Crippen molar-refractivity contribution in [2.24, 2.45) is 11.3 Å². The fraction of sp³-hybridized carbons (Fsp3) is 0.500. The van der Waals surface area contributed by atoms with Gasteiger partial charge < -0.3 is 10.6 Å². The number of hydrogen-bond acceptors (Lipinski definition) is 4. The number of nitrogens with zero attached hydrogens (tertiary/aromatic N) is 1. The molecular weight excluding hydrogens is 330 g/mol. The van der Waals surface area contributed by atoms with Crippen molar-refractivity contribution in [3.8, 4) is 0 Å². The molecule has 1 aliphatic carbocycles. The molecular formula is C20H25N3OS. The second-order valence-corrected chi connectivity index (χ2v) is 8.93. The van der Waals surface area contributed by atoms with Gasteiger partial charge in [-0.05, 0) is 53.9 Å². The van der Waals surface area contributed by atoms with Gasteiger partial charge in [0.25, 0.3) is 5.91 Å². The molecule has 0 saturated heterocycles. The zero-order chi connectivity index (χ0) is 17.6. The number of carbonyl (C=O) groups excluding carboxylic acids is 1. The second-order valence-electron chi connectivity index (χ2n) is 7.82. The van der Waals surface area contributed by atoms with E-state index in [2.05, 4.69) is 36.4 Å². The van der Waals surface area contributed by atoms with Crippen molar-refractivity contribution < 1.29 is 4.79 Å². The molecule has 3 heterocycles. The number of carbonyl (C=O) groups is 1. The lowest BCUT2D eigenvalue weighted by Crippen LogP contribution is -2.38. The fourth-order valence-electron chi connectivity index (χ4n) is 3.98. The van der Waals surface area contributed by atoms with Crippen LogP contribution in [-0.2, 0) is 12.8 Å². The highest BCUT2D eigenvalue weighted by Gasteiger charge is 2.37. The molecule has 4 nitrogen and oxygen atoms in total. The van der Waals surface area contributed by atoms with Crippen molar-refractivity contribution in [2.45, 2.75) is 52.6 Å². The van der Waals surface area contributed by atoms with E-state index in [1.165, 1.54) is 23.3 Å². The Balaban J connectivity index is 1.64. The number of pyridine rings is 1. The SMILES string of the molecule is CCC(C)(C)[C@@H]1CCc2c(sc3c2C(=O)N[C@H](c2ccncc2)N3)C1. The Labute approximate surface area is 153 Å². The summed E-state index contributed by atoms with van der Waals surface area (Å²) in [6, 6.07) is 3.88. The van der Waals surface area contributed by atoms with E-state index >= 15 is 0 Å². The molecule has 0 bridgehead atoms. The summed E-state index contributed by atoms with van der Waals surface area (Å²) in [5, 5.41) is 7.67. The first-order valence-corrected chi connectivity index (χ1v) is 9.93. The maximum atomic E-state index is 12.8. The predicted octanol–water partition coefficient (Wildman–Crippen LogP) is 4.54. The summed E-state index contributed by atoms with van der Waals surface area (Å²) in [7, 11) is 0. The average Bonchev–Trinajstić information content (AvgIpc) is 3.00. The molecule has 0 fully saturated rings. The average molecular weight is 356 g/mol. The molecule has 5 heteroatoms. The van der Waals surface area contributed by atoms with Crippen LogP contribution < -0.4 is 10.6 Å². The molecule has 1 amide bonds. The van der Waals surface area contributed by atoms with E-state index in [0.717, 1.165) is 29.0 Å². The Morgan fingerprint density at radius 1 is 1.28 bits per heavy atom. The van der Waals surface area contributed by atoms with Gasteiger partial charge in [-0.25, -0.2) is 0 Å². The summed E-state index contributed by atoms with van der Waals surface area (Å²) in [6.07, 6.45) is 7.84. The topological polar surface area (TPSA) is 54.0 Å². The van der Waals surface area contributed by atoms with Crippen molar-refractivity contribution in [3.05, 3.63) is 46.1 Å². The van der Waals surface area contributed by atoms with Gasteiger partial charge in [0, 0.05) is 17.3 Å². The van der Waals surface area contributed by atoms with Gasteiger partial charge in [-0.15, -0.1) is 11.3 Å². The predicted molar refractivity (Wildman–Crippen MR) is 102 cm³/mol. The Morgan fingerprint density at radius 3 is 2.76 bits per heavy atom. The summed E-state index contributed by atoms with van der Waals surface area (Å²) in [5.74, 6) is 0.755. The smallest absolute Gasteiger partial charge is 0.256 e. The van der Waals surface area contributed by atoms with Crippen LogP contribution in [-0.4, -0.2) is 10.9 Å². The number of anilines is 1. The minimum atomic E-state index is -0.175. The van der Waals surface area contributed by atoms with Crippen molar-refractivity contribution in [2.75, 3.05) is 5.32 Å². The fourth-order valence-corrected chi connectivity index (χ4v) is 5.33. The number of fused-ring (bicyclic) bond motifs is 3. The Bertz CT molecular complexity index is 797. The molecule has 132 valence electrons. The highest BCUT2D eigenvalue weighted by Crippen LogP contribution is 2.46. The number of hydrogen-bond donors (Lipinski definition) is 2. The standard InChI is InChI=1S/C20H25N3OS/c1-4-20(2,3)13-5-6-14-15(11-13)25-19-16(14)18(24)22-17(23-19)12-7-9-21-10-8-12/h7-10,13,17,23H,4-6,11H2,1-3H3,(H,22,24)/t13-,17+/m1/s1. The number of thiophene rings is 1. The van der Waals surface area contributed by atoms with Crippen molar-refractivity contribution >= 4 is 22.2 Å². The Hall–Kier alpha value is -1.88. The number of nitrogens with one attached hydrogen (secondary N) is 2. The number of aromatic nitrogens is 1. The first kappa shape index (κ1) is 16.6. The Morgan fingerprint density at radius 2 is 2.04 bits per heavy atom. The first-order valence-electron chi connectivity index (χ1n) is 9.11. The molecule has 2 aromatic rings. The van der Waals surface area contributed by atoms with Crippen LogP contribution in [0.1, 0.15) is 66.1 Å². The van der Waals surface area contributed by atoms with Gasteiger partial charge >= 0.3 is 0 Å². The summed E-state index contributed by atoms with van der Waals surface area (Å²) in [4.78, 5) is 18.2. The minimum Gasteiger partial charge on any atom is -0.353 e. The molecule has 0 spiro atoms. The highest BCUT2D eigenvalue weighted by molar-refractivity contribution is 7.16. The molecule has 25 heavy (non-hydrogen) atoms. The van der Waals surface area contributed by atoms with Crippen molar-refractivity contribution in [3.63, 3.8) is 0 Å². The highest BCUT2D eigenvalue weighted by atomic mass is 32.1. The summed E-state index contributed by atoms with van der Waals surface area (Å²) in [5.41, 5.74) is 3.56. The number of amides is 1. The molecule has 2 N–H and O–H groups in total. The van der Waals surface area contributed by atoms with E-state index < -0.39 is 0 Å². The van der Waals surface area contributed by atoms with Crippen LogP contribution in [0, 0.1) is 11.3 Å². The van der Waals surface area contributed by atoms with Gasteiger partial charge in [-0.2, -0.15) is 0 Å². The third kappa shape index (κ3) is 2.84. The van der Waals surface area contributed by atoms with Crippen LogP contribution in [0.3, 0.4) is 0 Å². The van der Waals surface area contributed by atoms with Gasteiger partial charge in [0.15, 0.2) is 0 Å². The first-order chi connectivity index (χ1) is 12.0. The van der Waals surface area contributed by atoms with Gasteiger partial charge in [-0.1, -0.05) is 27.2 Å². The van der Waals surface area contributed by atoms with E-state index in [0.29, 0.717) is 11.3 Å². The maximum absolute atomic E-state index is 12.8. The lowest BCUT2D eigenvalue weighted by atomic mass is 9.69. The van der Waals surface area contributed by atoms with Gasteiger partial charge in [0.05, 0.1) is 5.56 Å². The molecule has 1 aliphatic heterocycles. The monoisotopic (exact) mass is 355 g/mol. The molecule has 0 saturated carbocycles. The summed E-state index contributed by atoms with van der Waals surface area (Å²) >= 11 is 1.78. The third-order valence-corrected chi connectivity index (χ3v) is 7.28. The minimum absolute atomic E-state index is 0.0567. The number of rotatable bonds is 3. The van der Waals surface area contributed by atoms with E-state index in [-0.39, 0.29) is 12.1 Å². The van der Waals surface area contributed by atoms with Crippen LogP contribution in [0.5, 0.6) is 0 Å². The quantitative estimate of drug-likeness (QED) is 0.850. The normalized spacial score (nSPS) is 22.6. The van der Waals surface area contributed by atoms with Crippen LogP contribution in [0.15, 0.2) is 24.5 Å². The van der Waals surface area contributed by atoms with Crippen LogP contribution in [0.2, 0.25) is 0 Å². The van der Waals surface area contributed by atoms with Gasteiger partial charge in [-0.3, -0.25) is 9.78 Å². The Kier molecular flexibility index (Phi) is 4.07. The van der Waals surface area contributed by atoms with E-state index in [1.807, 2.05) is 12.1 Å². The zero-order valence-corrected chi connectivity index (χ0v) is 15.9. The lowest BCUT2D eigenvalue weighted by molar-refractivity contribution is 0.0934. The summed E-state index contributed by atoms with van der Waals surface area (Å²) < 4.78 is 0. The van der Waals surface area contributed by atoms with Crippen LogP contribution in [0.25, 0.3) is 0 Å². The van der Waals surface area contributed by atoms with E-state index in [4.69, 9.17) is 0 Å². The molecule has 2 aromatic heterocycles. The second kappa shape index (κ2) is 6.13. The summed E-state index contributed by atoms with van der Waals surface area (Å²) in [6.45, 7) is 7.03. The third-order valence-electron chi connectivity index (χ3n) is 6.10. The van der Waals surface area contributed by atoms with E-state index in [9.17, 15) is 4.79 Å². The van der Waals surface area contributed by atoms with Gasteiger partial charge in [0.1, 0.15) is 11.2 Å².